The van der Waals surface area contributed by atoms with E-state index in [1.54, 1.807) is 17.4 Å². The molecule has 0 saturated carbocycles. The molecule has 0 fully saturated rings. The summed E-state index contributed by atoms with van der Waals surface area (Å²) in [4.78, 5) is 12.0. The summed E-state index contributed by atoms with van der Waals surface area (Å²) < 4.78 is 11.7. The van der Waals surface area contributed by atoms with E-state index in [4.69, 9.17) is 9.47 Å². The van der Waals surface area contributed by atoms with Gasteiger partial charge in [0.05, 0.1) is 6.10 Å². The van der Waals surface area contributed by atoms with Crippen LogP contribution in [0.25, 0.3) is 16.2 Å². The number of hydrogen-bond acceptors (Lipinski definition) is 5. The van der Waals surface area contributed by atoms with Crippen LogP contribution in [0.15, 0.2) is 53.9 Å². The van der Waals surface area contributed by atoms with Crippen molar-refractivity contribution in [2.24, 2.45) is 0 Å². The summed E-state index contributed by atoms with van der Waals surface area (Å²) in [5.74, 6) is 1.12. The predicted octanol–water partition coefficient (Wildman–Crippen LogP) is 3.49. The van der Waals surface area contributed by atoms with Crippen molar-refractivity contribution in [3.05, 3.63) is 65.0 Å². The second-order valence-corrected chi connectivity index (χ2v) is 6.81. The van der Waals surface area contributed by atoms with Gasteiger partial charge in [-0.3, -0.25) is 4.79 Å². The molecule has 0 aliphatic carbocycles. The van der Waals surface area contributed by atoms with Gasteiger partial charge >= 0.3 is 0 Å². The van der Waals surface area contributed by atoms with E-state index in [1.165, 1.54) is 6.08 Å². The molecule has 5 nitrogen and oxygen atoms in total. The SMILES string of the molecule is O=C(/C=C/c1ccc2c(c1)OCO2)NCC(O)c1csc2ccccc12. The van der Waals surface area contributed by atoms with Gasteiger partial charge in [0, 0.05) is 22.9 Å². The number of aliphatic hydroxyl groups excluding tert-OH is 1. The summed E-state index contributed by atoms with van der Waals surface area (Å²) in [5, 5.41) is 16.1. The Bertz CT molecular complexity index is 979. The normalized spacial score (nSPS) is 14.0. The Kier molecular flexibility index (Phi) is 4.60. The van der Waals surface area contributed by atoms with Gasteiger partial charge in [-0.15, -0.1) is 11.3 Å². The third-order valence-corrected chi connectivity index (χ3v) is 5.15. The van der Waals surface area contributed by atoms with Gasteiger partial charge < -0.3 is 19.9 Å². The molecule has 1 atom stereocenters. The average Bonchev–Trinajstić information content (AvgIpc) is 3.30. The Labute approximate surface area is 154 Å². The zero-order chi connectivity index (χ0) is 17.9. The van der Waals surface area contributed by atoms with Crippen molar-refractivity contribution >= 4 is 33.4 Å². The van der Waals surface area contributed by atoms with Crippen molar-refractivity contribution in [2.45, 2.75) is 6.10 Å². The fourth-order valence-electron chi connectivity index (χ4n) is 2.81. The van der Waals surface area contributed by atoms with E-state index in [-0.39, 0.29) is 19.2 Å². The Hall–Kier alpha value is -2.83. The van der Waals surface area contributed by atoms with E-state index < -0.39 is 6.10 Å². The highest BCUT2D eigenvalue weighted by atomic mass is 32.1. The minimum Gasteiger partial charge on any atom is -0.454 e. The van der Waals surface area contributed by atoms with Crippen LogP contribution in [0.1, 0.15) is 17.2 Å². The number of carbonyl (C=O) groups excluding carboxylic acids is 1. The number of nitrogens with one attached hydrogen (secondary N) is 1. The molecule has 26 heavy (non-hydrogen) atoms. The second-order valence-electron chi connectivity index (χ2n) is 5.89. The van der Waals surface area contributed by atoms with E-state index in [2.05, 4.69) is 5.32 Å². The standard InChI is InChI=1S/C20H17NO4S/c22-16(15-11-26-19-4-2-1-3-14(15)19)10-21-20(23)8-6-13-5-7-17-18(9-13)25-12-24-17/h1-9,11,16,22H,10,12H2,(H,21,23)/b8-6+. The minimum absolute atomic E-state index is 0.158. The lowest BCUT2D eigenvalue weighted by Gasteiger charge is -2.10. The maximum absolute atomic E-state index is 12.0. The number of amides is 1. The van der Waals surface area contributed by atoms with Crippen LogP contribution in [-0.4, -0.2) is 24.4 Å². The Morgan fingerprint density at radius 2 is 2.08 bits per heavy atom. The van der Waals surface area contributed by atoms with Crippen LogP contribution in [0, 0.1) is 0 Å². The van der Waals surface area contributed by atoms with Gasteiger partial charge in [0.2, 0.25) is 12.7 Å². The lowest BCUT2D eigenvalue weighted by molar-refractivity contribution is -0.116. The molecule has 0 radical (unpaired) electrons. The molecule has 1 aliphatic rings. The van der Waals surface area contributed by atoms with Gasteiger partial charge in [-0.25, -0.2) is 0 Å². The Morgan fingerprint density at radius 3 is 3.00 bits per heavy atom. The van der Waals surface area contributed by atoms with Crippen molar-refractivity contribution < 1.29 is 19.4 Å². The highest BCUT2D eigenvalue weighted by molar-refractivity contribution is 7.17. The number of aliphatic hydroxyl groups is 1. The van der Waals surface area contributed by atoms with Crippen LogP contribution in [0.5, 0.6) is 11.5 Å². The fraction of sp³-hybridized carbons (Fsp3) is 0.150. The second kappa shape index (κ2) is 7.19. The number of rotatable bonds is 5. The van der Waals surface area contributed by atoms with Gasteiger partial charge in [-0.05, 0) is 40.6 Å². The summed E-state index contributed by atoms with van der Waals surface area (Å²) in [6, 6.07) is 13.4. The molecule has 132 valence electrons. The number of ether oxygens (including phenoxy) is 2. The van der Waals surface area contributed by atoms with Crippen molar-refractivity contribution in [3.8, 4) is 11.5 Å². The van der Waals surface area contributed by atoms with Crippen molar-refractivity contribution in [2.75, 3.05) is 13.3 Å². The van der Waals surface area contributed by atoms with Crippen LogP contribution in [0.3, 0.4) is 0 Å². The first-order valence-electron chi connectivity index (χ1n) is 8.20. The lowest BCUT2D eigenvalue weighted by Crippen LogP contribution is -2.26. The van der Waals surface area contributed by atoms with Crippen molar-refractivity contribution in [1.29, 1.82) is 0 Å². The number of thiophene rings is 1. The van der Waals surface area contributed by atoms with E-state index in [1.807, 2.05) is 47.8 Å². The summed E-state index contributed by atoms with van der Waals surface area (Å²) in [6.07, 6.45) is 2.40. The molecule has 2 heterocycles. The molecule has 1 aliphatic heterocycles. The zero-order valence-electron chi connectivity index (χ0n) is 13.8. The molecule has 0 bridgehead atoms. The van der Waals surface area contributed by atoms with E-state index in [9.17, 15) is 9.90 Å². The predicted molar refractivity (Wildman–Crippen MR) is 101 cm³/mol. The van der Waals surface area contributed by atoms with Gasteiger partial charge in [0.15, 0.2) is 11.5 Å². The van der Waals surface area contributed by atoms with Crippen LogP contribution in [0.2, 0.25) is 0 Å². The maximum Gasteiger partial charge on any atom is 0.244 e. The quantitative estimate of drug-likeness (QED) is 0.678. The molecule has 4 rings (SSSR count). The molecule has 2 aromatic carbocycles. The smallest absolute Gasteiger partial charge is 0.244 e. The van der Waals surface area contributed by atoms with E-state index in [0.29, 0.717) is 11.5 Å². The average molecular weight is 367 g/mol. The molecule has 3 aromatic rings. The van der Waals surface area contributed by atoms with Gasteiger partial charge in [-0.2, -0.15) is 0 Å². The number of hydrogen-bond donors (Lipinski definition) is 2. The van der Waals surface area contributed by atoms with Crippen LogP contribution < -0.4 is 14.8 Å². The Balaban J connectivity index is 1.36. The molecule has 2 N–H and O–H groups in total. The highest BCUT2D eigenvalue weighted by Gasteiger charge is 2.14. The highest BCUT2D eigenvalue weighted by Crippen LogP contribution is 2.33. The number of carbonyl (C=O) groups is 1. The first-order chi connectivity index (χ1) is 12.7. The van der Waals surface area contributed by atoms with Crippen LogP contribution in [0.4, 0.5) is 0 Å². The topological polar surface area (TPSA) is 67.8 Å². The first-order valence-corrected chi connectivity index (χ1v) is 9.08. The molecule has 6 heteroatoms. The fourth-order valence-corrected chi connectivity index (χ4v) is 3.82. The number of fused-ring (bicyclic) bond motifs is 2. The van der Waals surface area contributed by atoms with E-state index >= 15 is 0 Å². The Morgan fingerprint density at radius 1 is 1.23 bits per heavy atom. The number of benzene rings is 2. The lowest BCUT2D eigenvalue weighted by atomic mass is 10.1. The molecular formula is C20H17NO4S. The molecule has 0 saturated heterocycles. The third kappa shape index (κ3) is 3.42. The molecular weight excluding hydrogens is 350 g/mol. The van der Waals surface area contributed by atoms with Crippen LogP contribution >= 0.6 is 11.3 Å². The van der Waals surface area contributed by atoms with E-state index in [0.717, 1.165) is 21.2 Å². The monoisotopic (exact) mass is 367 g/mol. The first kappa shape index (κ1) is 16.6. The minimum atomic E-state index is -0.742. The van der Waals surface area contributed by atoms with Crippen molar-refractivity contribution in [1.82, 2.24) is 5.32 Å². The summed E-state index contributed by atoms with van der Waals surface area (Å²) in [6.45, 7) is 0.378. The zero-order valence-corrected chi connectivity index (χ0v) is 14.7. The van der Waals surface area contributed by atoms with Crippen molar-refractivity contribution in [3.63, 3.8) is 0 Å². The summed E-state index contributed by atoms with van der Waals surface area (Å²) in [5.41, 5.74) is 1.68. The van der Waals surface area contributed by atoms with Gasteiger partial charge in [0.25, 0.3) is 0 Å². The maximum atomic E-state index is 12.0. The van der Waals surface area contributed by atoms with Gasteiger partial charge in [0.1, 0.15) is 0 Å². The summed E-state index contributed by atoms with van der Waals surface area (Å²) >= 11 is 1.58. The molecule has 1 amide bonds. The molecule has 0 spiro atoms. The summed E-state index contributed by atoms with van der Waals surface area (Å²) in [7, 11) is 0. The van der Waals surface area contributed by atoms with Gasteiger partial charge in [-0.1, -0.05) is 24.3 Å². The van der Waals surface area contributed by atoms with Crippen LogP contribution in [-0.2, 0) is 4.79 Å². The largest absolute Gasteiger partial charge is 0.454 e. The third-order valence-electron chi connectivity index (χ3n) is 4.16. The molecule has 1 aromatic heterocycles. The molecule has 1 unspecified atom stereocenters.